The van der Waals surface area contributed by atoms with Gasteiger partial charge in [-0.2, -0.15) is 0 Å². The molecule has 0 aromatic heterocycles. The average molecular weight is 375 g/mol. The number of ether oxygens (including phenoxy) is 1. The van der Waals surface area contributed by atoms with Crippen LogP contribution < -0.4 is 4.72 Å². The van der Waals surface area contributed by atoms with Gasteiger partial charge in [0.25, 0.3) is 0 Å². The summed E-state index contributed by atoms with van der Waals surface area (Å²) in [5.74, 6) is 0.0635. The minimum absolute atomic E-state index is 0.0482. The molecule has 1 aliphatic heterocycles. The fraction of sp³-hybridized carbons (Fsp3) is 0.875. The number of hydrogen-bond donors (Lipinski definition) is 2. The van der Waals surface area contributed by atoms with Crippen LogP contribution in [-0.4, -0.2) is 68.0 Å². The molecule has 1 heterocycles. The molecule has 1 atom stereocenters. The largest absolute Gasteiger partial charge is 0.447 e. The molecule has 2 rings (SSSR count). The predicted molar refractivity (Wildman–Crippen MR) is 93.6 cm³/mol. The Kier molecular flexibility index (Phi) is 7.06. The summed E-state index contributed by atoms with van der Waals surface area (Å²) in [7, 11) is -2.58. The fourth-order valence-corrected chi connectivity index (χ4v) is 4.14. The van der Waals surface area contributed by atoms with E-state index in [2.05, 4.69) is 4.72 Å². The average Bonchev–Trinajstić information content (AvgIpc) is 2.53. The lowest BCUT2D eigenvalue weighted by molar-refractivity contribution is -0.141. The second kappa shape index (κ2) is 8.84. The van der Waals surface area contributed by atoms with E-state index in [9.17, 15) is 18.0 Å². The van der Waals surface area contributed by atoms with Crippen LogP contribution in [-0.2, 0) is 20.4 Å². The zero-order valence-corrected chi connectivity index (χ0v) is 16.0. The van der Waals surface area contributed by atoms with Gasteiger partial charge in [0.15, 0.2) is 0 Å². The smallest absolute Gasteiger partial charge is 0.410 e. The maximum atomic E-state index is 12.8. The Morgan fingerprint density at radius 1 is 1.12 bits per heavy atom. The highest BCUT2D eigenvalue weighted by Gasteiger charge is 2.35. The van der Waals surface area contributed by atoms with E-state index in [-0.39, 0.29) is 36.1 Å². The van der Waals surface area contributed by atoms with Gasteiger partial charge in [-0.15, -0.1) is 0 Å². The second-order valence-corrected chi connectivity index (χ2v) is 7.97. The van der Waals surface area contributed by atoms with Gasteiger partial charge in [0.2, 0.25) is 16.8 Å². The first kappa shape index (κ1) is 20.0. The summed E-state index contributed by atoms with van der Waals surface area (Å²) in [5.41, 5.74) is 0. The van der Waals surface area contributed by atoms with Crippen LogP contribution in [0.2, 0.25) is 0 Å². The number of hydrogen-bond acceptors (Lipinski definition) is 5. The van der Waals surface area contributed by atoms with Gasteiger partial charge in [-0.1, -0.05) is 0 Å². The van der Waals surface area contributed by atoms with Crippen molar-refractivity contribution >= 4 is 22.9 Å². The third kappa shape index (κ3) is 5.57. The topological polar surface area (TPSA) is 96.0 Å². The summed E-state index contributed by atoms with van der Waals surface area (Å²) >= 11 is 0. The van der Waals surface area contributed by atoms with Crippen LogP contribution in [0.15, 0.2) is 0 Å². The SMILES string of the molecule is CC(C)OC(=O)N1CCN(C(=O)C2CCC(N[SH](=O)=O)CC2)[C@H](C)C1. The number of thiol groups is 1. The Labute approximate surface area is 151 Å². The van der Waals surface area contributed by atoms with Crippen molar-refractivity contribution in [2.24, 2.45) is 5.92 Å². The number of nitrogens with zero attached hydrogens (tertiary/aromatic N) is 2. The first-order chi connectivity index (χ1) is 11.8. The molecular formula is C16H29N3O5S. The summed E-state index contributed by atoms with van der Waals surface area (Å²) in [5, 5.41) is 0. The van der Waals surface area contributed by atoms with Gasteiger partial charge in [0.05, 0.1) is 6.10 Å². The molecule has 1 saturated heterocycles. The molecule has 0 spiro atoms. The predicted octanol–water partition coefficient (Wildman–Crippen LogP) is 0.739. The zero-order valence-electron chi connectivity index (χ0n) is 15.1. The van der Waals surface area contributed by atoms with Crippen molar-refractivity contribution in [1.29, 1.82) is 0 Å². The van der Waals surface area contributed by atoms with E-state index in [0.29, 0.717) is 45.3 Å². The lowest BCUT2D eigenvalue weighted by Crippen LogP contribution is -2.57. The minimum Gasteiger partial charge on any atom is -0.447 e. The van der Waals surface area contributed by atoms with E-state index in [1.165, 1.54) is 0 Å². The molecule has 8 nitrogen and oxygen atoms in total. The van der Waals surface area contributed by atoms with Crippen molar-refractivity contribution in [3.8, 4) is 0 Å². The molecule has 25 heavy (non-hydrogen) atoms. The Hall–Kier alpha value is -1.35. The van der Waals surface area contributed by atoms with Crippen LogP contribution in [0.3, 0.4) is 0 Å². The van der Waals surface area contributed by atoms with Crippen LogP contribution in [0.4, 0.5) is 4.79 Å². The molecule has 0 bridgehead atoms. The summed E-state index contributed by atoms with van der Waals surface area (Å²) < 4.78 is 29.2. The summed E-state index contributed by atoms with van der Waals surface area (Å²) in [6, 6.07) is -0.0989. The number of rotatable bonds is 4. The maximum Gasteiger partial charge on any atom is 0.410 e. The van der Waals surface area contributed by atoms with E-state index in [1.54, 1.807) is 4.90 Å². The first-order valence-electron chi connectivity index (χ1n) is 8.94. The van der Waals surface area contributed by atoms with Crippen LogP contribution in [0.5, 0.6) is 0 Å². The van der Waals surface area contributed by atoms with Crippen LogP contribution in [0.1, 0.15) is 46.5 Å². The van der Waals surface area contributed by atoms with Gasteiger partial charge in [-0.3, -0.25) is 4.79 Å². The number of nitrogens with one attached hydrogen (secondary N) is 1. The van der Waals surface area contributed by atoms with Crippen molar-refractivity contribution in [2.45, 2.75) is 64.6 Å². The molecule has 2 fully saturated rings. The van der Waals surface area contributed by atoms with Gasteiger partial charge in [-0.05, 0) is 46.5 Å². The molecule has 2 aliphatic rings. The summed E-state index contributed by atoms with van der Waals surface area (Å²) in [6.45, 7) is 7.05. The van der Waals surface area contributed by atoms with Crippen molar-refractivity contribution in [3.05, 3.63) is 0 Å². The van der Waals surface area contributed by atoms with Crippen molar-refractivity contribution in [3.63, 3.8) is 0 Å². The summed E-state index contributed by atoms with van der Waals surface area (Å²) in [6.07, 6.45) is 2.29. The first-order valence-corrected chi connectivity index (χ1v) is 10.1. The number of piperazine rings is 1. The second-order valence-electron chi connectivity index (χ2n) is 7.19. The van der Waals surface area contributed by atoms with Gasteiger partial charge >= 0.3 is 6.09 Å². The molecular weight excluding hydrogens is 346 g/mol. The molecule has 1 aliphatic carbocycles. The highest BCUT2D eigenvalue weighted by molar-refractivity contribution is 7.70. The normalized spacial score (nSPS) is 27.6. The lowest BCUT2D eigenvalue weighted by Gasteiger charge is -2.41. The molecule has 9 heteroatoms. The van der Waals surface area contributed by atoms with Crippen molar-refractivity contribution < 1.29 is 22.7 Å². The molecule has 1 saturated carbocycles. The van der Waals surface area contributed by atoms with Gasteiger partial charge in [0.1, 0.15) is 0 Å². The third-order valence-electron chi connectivity index (χ3n) is 4.87. The Morgan fingerprint density at radius 3 is 2.28 bits per heavy atom. The van der Waals surface area contributed by atoms with Gasteiger partial charge < -0.3 is 14.5 Å². The maximum absolute atomic E-state index is 12.8. The van der Waals surface area contributed by atoms with E-state index in [0.717, 1.165) is 0 Å². The van der Waals surface area contributed by atoms with E-state index in [1.807, 2.05) is 25.7 Å². The quantitative estimate of drug-likeness (QED) is 0.707. The Morgan fingerprint density at radius 2 is 1.76 bits per heavy atom. The summed E-state index contributed by atoms with van der Waals surface area (Å²) in [4.78, 5) is 28.3. The molecule has 2 amide bonds. The fourth-order valence-electron chi connectivity index (χ4n) is 3.58. The lowest BCUT2D eigenvalue weighted by atomic mass is 9.85. The molecule has 0 radical (unpaired) electrons. The number of amides is 2. The van der Waals surface area contributed by atoms with Crippen LogP contribution >= 0.6 is 0 Å². The molecule has 0 aromatic rings. The van der Waals surface area contributed by atoms with Gasteiger partial charge in [0, 0.05) is 37.6 Å². The van der Waals surface area contributed by atoms with Gasteiger partial charge in [-0.25, -0.2) is 17.9 Å². The molecule has 0 unspecified atom stereocenters. The third-order valence-corrected chi connectivity index (χ3v) is 5.45. The van der Waals surface area contributed by atoms with E-state index < -0.39 is 10.9 Å². The Balaban J connectivity index is 1.84. The highest BCUT2D eigenvalue weighted by Crippen LogP contribution is 2.27. The molecule has 0 aromatic carbocycles. The Bertz CT molecular complexity index is 550. The zero-order chi connectivity index (χ0) is 18.6. The van der Waals surface area contributed by atoms with Crippen LogP contribution in [0, 0.1) is 5.92 Å². The number of carbonyl (C=O) groups is 2. The minimum atomic E-state index is -2.58. The molecule has 144 valence electrons. The van der Waals surface area contributed by atoms with Crippen molar-refractivity contribution in [2.75, 3.05) is 19.6 Å². The van der Waals surface area contributed by atoms with Crippen molar-refractivity contribution in [1.82, 2.24) is 14.5 Å². The molecule has 1 N–H and O–H groups in total. The van der Waals surface area contributed by atoms with E-state index >= 15 is 0 Å². The standard InChI is InChI=1S/C16H29N3O5S/c1-11(2)24-16(21)18-8-9-19(12(3)10-18)15(20)13-4-6-14(7-5-13)17-25(22)23/h11-14,25H,4-10H2,1-3H3,(H,17,22,23)/t12-,13?,14?/m1/s1. The van der Waals surface area contributed by atoms with Crippen LogP contribution in [0.25, 0.3) is 0 Å². The monoisotopic (exact) mass is 375 g/mol. The van der Waals surface area contributed by atoms with E-state index in [4.69, 9.17) is 4.74 Å². The highest BCUT2D eigenvalue weighted by atomic mass is 32.2. The number of carbonyl (C=O) groups excluding carboxylic acids is 2.